The van der Waals surface area contributed by atoms with Gasteiger partial charge in [0.1, 0.15) is 0 Å². The summed E-state index contributed by atoms with van der Waals surface area (Å²) in [5, 5.41) is 1.45. The molecular weight excluding hydrogens is 378 g/mol. The summed E-state index contributed by atoms with van der Waals surface area (Å²) < 4.78 is 1.01. The largest absolute Gasteiger partial charge is 0.308 e. The van der Waals surface area contributed by atoms with Crippen LogP contribution in [0.4, 0.5) is 5.13 Å². The Balaban J connectivity index is 1.84. The number of benzene rings is 2. The second-order valence-corrected chi connectivity index (χ2v) is 8.35. The van der Waals surface area contributed by atoms with Crippen LogP contribution in [0.2, 0.25) is 5.02 Å². The van der Waals surface area contributed by atoms with E-state index in [1.165, 1.54) is 16.9 Å². The van der Waals surface area contributed by atoms with Crippen molar-refractivity contribution in [2.75, 3.05) is 32.1 Å². The number of halogens is 1. The zero-order chi connectivity index (χ0) is 19.4. The third kappa shape index (κ3) is 5.06. The van der Waals surface area contributed by atoms with E-state index in [1.54, 1.807) is 0 Å². The fourth-order valence-electron chi connectivity index (χ4n) is 2.92. The van der Waals surface area contributed by atoms with Gasteiger partial charge in [0.2, 0.25) is 5.91 Å². The van der Waals surface area contributed by atoms with Gasteiger partial charge < -0.3 is 4.90 Å². The Labute approximate surface area is 169 Å². The van der Waals surface area contributed by atoms with Crippen LogP contribution in [-0.2, 0) is 11.2 Å². The Kier molecular flexibility index (Phi) is 6.47. The maximum absolute atomic E-state index is 13.0. The fourth-order valence-corrected chi connectivity index (χ4v) is 4.38. The summed E-state index contributed by atoms with van der Waals surface area (Å²) in [7, 11) is 4.02. The van der Waals surface area contributed by atoms with E-state index in [0.717, 1.165) is 33.9 Å². The van der Waals surface area contributed by atoms with Gasteiger partial charge >= 0.3 is 0 Å². The summed E-state index contributed by atoms with van der Waals surface area (Å²) in [5.41, 5.74) is 3.12. The molecule has 0 spiro atoms. The van der Waals surface area contributed by atoms with Gasteiger partial charge in [-0.05, 0) is 50.7 Å². The predicted molar refractivity (Wildman–Crippen MR) is 115 cm³/mol. The lowest BCUT2D eigenvalue weighted by molar-refractivity contribution is -0.118. The molecule has 27 heavy (non-hydrogen) atoms. The second-order valence-electron chi connectivity index (χ2n) is 6.90. The van der Waals surface area contributed by atoms with Crippen LogP contribution < -0.4 is 4.90 Å². The molecule has 1 aromatic heterocycles. The smallest absolute Gasteiger partial charge is 0.229 e. The van der Waals surface area contributed by atoms with Crippen molar-refractivity contribution >= 4 is 44.2 Å². The van der Waals surface area contributed by atoms with Crippen molar-refractivity contribution in [2.45, 2.75) is 19.8 Å². The maximum Gasteiger partial charge on any atom is 0.229 e. The Hall–Kier alpha value is -1.95. The molecule has 0 aliphatic carbocycles. The molecule has 0 saturated heterocycles. The van der Waals surface area contributed by atoms with Gasteiger partial charge in [-0.1, -0.05) is 53.3 Å². The Morgan fingerprint density at radius 2 is 1.89 bits per heavy atom. The minimum Gasteiger partial charge on any atom is -0.308 e. The van der Waals surface area contributed by atoms with E-state index >= 15 is 0 Å². The lowest BCUT2D eigenvalue weighted by atomic mass is 10.1. The summed E-state index contributed by atoms with van der Waals surface area (Å²) in [6.07, 6.45) is 1.20. The van der Waals surface area contributed by atoms with Crippen molar-refractivity contribution < 1.29 is 4.79 Å². The third-order valence-electron chi connectivity index (χ3n) is 4.41. The average Bonchev–Trinajstić information content (AvgIpc) is 3.04. The van der Waals surface area contributed by atoms with Crippen molar-refractivity contribution in [3.63, 3.8) is 0 Å². The highest BCUT2D eigenvalue weighted by Crippen LogP contribution is 2.33. The van der Waals surface area contributed by atoms with E-state index in [1.807, 2.05) is 56.3 Å². The fraction of sp³-hybridized carbons (Fsp3) is 0.333. The first-order chi connectivity index (χ1) is 12.9. The van der Waals surface area contributed by atoms with E-state index in [4.69, 9.17) is 16.6 Å². The topological polar surface area (TPSA) is 36.4 Å². The monoisotopic (exact) mass is 401 g/mol. The zero-order valence-electron chi connectivity index (χ0n) is 15.9. The van der Waals surface area contributed by atoms with Crippen LogP contribution in [0, 0.1) is 6.92 Å². The number of hydrogen-bond acceptors (Lipinski definition) is 4. The minimum absolute atomic E-state index is 0.100. The third-order valence-corrected chi connectivity index (χ3v) is 5.66. The molecule has 0 bridgehead atoms. The van der Waals surface area contributed by atoms with Crippen molar-refractivity contribution in [1.29, 1.82) is 0 Å². The first kappa shape index (κ1) is 19.8. The van der Waals surface area contributed by atoms with E-state index in [2.05, 4.69) is 17.0 Å². The summed E-state index contributed by atoms with van der Waals surface area (Å²) in [4.78, 5) is 21.7. The van der Waals surface area contributed by atoms with Crippen LogP contribution in [0.5, 0.6) is 0 Å². The average molecular weight is 402 g/mol. The molecule has 0 aliphatic rings. The van der Waals surface area contributed by atoms with Gasteiger partial charge in [-0.25, -0.2) is 4.98 Å². The number of thiazole rings is 1. The summed E-state index contributed by atoms with van der Waals surface area (Å²) in [5.74, 6) is 0.100. The van der Waals surface area contributed by atoms with Crippen molar-refractivity contribution in [1.82, 2.24) is 9.88 Å². The lowest BCUT2D eigenvalue weighted by Gasteiger charge is -2.22. The number of hydrogen-bond donors (Lipinski definition) is 0. The summed E-state index contributed by atoms with van der Waals surface area (Å²) in [6.45, 7) is 3.40. The SMILES string of the molecule is Cc1cc(Cl)cc2sc(N(CCN(C)C)C(=O)CCc3ccccc3)nc12. The van der Waals surface area contributed by atoms with E-state index in [-0.39, 0.29) is 5.91 Å². The van der Waals surface area contributed by atoms with Gasteiger partial charge in [-0.3, -0.25) is 9.69 Å². The van der Waals surface area contributed by atoms with E-state index in [0.29, 0.717) is 18.0 Å². The normalized spacial score (nSPS) is 11.3. The molecule has 142 valence electrons. The molecule has 0 N–H and O–H groups in total. The highest BCUT2D eigenvalue weighted by molar-refractivity contribution is 7.22. The maximum atomic E-state index is 13.0. The molecule has 3 aromatic rings. The molecule has 1 amide bonds. The van der Waals surface area contributed by atoms with E-state index < -0.39 is 0 Å². The Morgan fingerprint density at radius 3 is 2.59 bits per heavy atom. The van der Waals surface area contributed by atoms with Crippen molar-refractivity contribution in [3.05, 3.63) is 58.6 Å². The molecule has 1 heterocycles. The predicted octanol–water partition coefficient (Wildman–Crippen LogP) is 4.79. The number of nitrogens with zero attached hydrogens (tertiary/aromatic N) is 3. The van der Waals surface area contributed by atoms with Gasteiger partial charge in [0.05, 0.1) is 10.2 Å². The number of carbonyl (C=O) groups is 1. The van der Waals surface area contributed by atoms with Crippen LogP contribution in [0.3, 0.4) is 0 Å². The number of fused-ring (bicyclic) bond motifs is 1. The van der Waals surface area contributed by atoms with Crippen LogP contribution >= 0.6 is 22.9 Å². The van der Waals surface area contributed by atoms with Gasteiger partial charge in [0.25, 0.3) is 0 Å². The van der Waals surface area contributed by atoms with Gasteiger partial charge in [-0.2, -0.15) is 0 Å². The van der Waals surface area contributed by atoms with Crippen molar-refractivity contribution in [2.24, 2.45) is 0 Å². The highest BCUT2D eigenvalue weighted by atomic mass is 35.5. The highest BCUT2D eigenvalue weighted by Gasteiger charge is 2.20. The van der Waals surface area contributed by atoms with Gasteiger partial charge in [0, 0.05) is 24.5 Å². The van der Waals surface area contributed by atoms with Crippen LogP contribution in [-0.4, -0.2) is 43.0 Å². The molecule has 0 atom stereocenters. The molecule has 4 nitrogen and oxygen atoms in total. The molecule has 0 saturated carbocycles. The second kappa shape index (κ2) is 8.83. The molecule has 0 radical (unpaired) electrons. The molecule has 3 rings (SSSR count). The number of amides is 1. The van der Waals surface area contributed by atoms with Gasteiger partial charge in [0.15, 0.2) is 5.13 Å². The first-order valence-electron chi connectivity index (χ1n) is 9.00. The number of carbonyl (C=O) groups excluding carboxylic acids is 1. The van der Waals surface area contributed by atoms with Crippen LogP contribution in [0.1, 0.15) is 17.5 Å². The van der Waals surface area contributed by atoms with Crippen LogP contribution in [0.15, 0.2) is 42.5 Å². The number of aromatic nitrogens is 1. The first-order valence-corrected chi connectivity index (χ1v) is 10.2. The van der Waals surface area contributed by atoms with Gasteiger partial charge in [-0.15, -0.1) is 0 Å². The quantitative estimate of drug-likeness (QED) is 0.571. The number of rotatable bonds is 7. The molecule has 0 fully saturated rings. The molecule has 0 unspecified atom stereocenters. The van der Waals surface area contributed by atoms with Crippen LogP contribution in [0.25, 0.3) is 10.2 Å². The van der Waals surface area contributed by atoms with Crippen molar-refractivity contribution in [3.8, 4) is 0 Å². The molecular formula is C21H24ClN3OS. The summed E-state index contributed by atoms with van der Waals surface area (Å²) >= 11 is 7.71. The standard InChI is InChI=1S/C21H24ClN3OS/c1-15-13-17(22)14-18-20(15)23-21(27-18)25(12-11-24(2)3)19(26)10-9-16-7-5-4-6-8-16/h4-8,13-14H,9-12H2,1-3H3. The number of likely N-dealkylation sites (N-methyl/N-ethyl adjacent to an activating group) is 1. The lowest BCUT2D eigenvalue weighted by Crippen LogP contribution is -2.36. The van der Waals surface area contributed by atoms with E-state index in [9.17, 15) is 4.79 Å². The summed E-state index contributed by atoms with van der Waals surface area (Å²) in [6, 6.07) is 13.9. The molecule has 2 aromatic carbocycles. The Morgan fingerprint density at radius 1 is 1.15 bits per heavy atom. The zero-order valence-corrected chi connectivity index (χ0v) is 17.5. The molecule has 6 heteroatoms. The number of aryl methyl sites for hydroxylation is 2. The number of anilines is 1. The minimum atomic E-state index is 0.100. The Bertz CT molecular complexity index is 924. The molecule has 0 aliphatic heterocycles.